The van der Waals surface area contributed by atoms with Crippen molar-refractivity contribution in [2.75, 3.05) is 18.0 Å². The number of fused-ring (bicyclic) bond motifs is 1. The number of halogens is 3. The van der Waals surface area contributed by atoms with Gasteiger partial charge in [-0.3, -0.25) is 15.3 Å². The molecule has 1 amide bonds. The van der Waals surface area contributed by atoms with Crippen molar-refractivity contribution in [1.29, 1.82) is 0 Å². The van der Waals surface area contributed by atoms with Crippen molar-refractivity contribution >= 4 is 11.9 Å². The van der Waals surface area contributed by atoms with Crippen molar-refractivity contribution < 1.29 is 23.2 Å². The number of rotatable bonds is 5. The Kier molecular flexibility index (Phi) is 4.68. The first-order chi connectivity index (χ1) is 13.4. The molecule has 2 aliphatic rings. The van der Waals surface area contributed by atoms with Gasteiger partial charge in [-0.1, -0.05) is 30.3 Å². The number of alkyl halides is 3. The molecule has 1 saturated heterocycles. The van der Waals surface area contributed by atoms with Gasteiger partial charge in [0.2, 0.25) is 5.95 Å². The Hall–Kier alpha value is -2.72. The average Bonchev–Trinajstić information content (AvgIpc) is 3.13. The number of nitrogens with zero attached hydrogens (tertiary/aromatic N) is 3. The summed E-state index contributed by atoms with van der Waals surface area (Å²) >= 11 is 0. The highest BCUT2D eigenvalue weighted by Gasteiger charge is 2.58. The van der Waals surface area contributed by atoms with E-state index in [4.69, 9.17) is 5.21 Å². The number of hydrogen-bond acceptors (Lipinski definition) is 6. The van der Waals surface area contributed by atoms with Gasteiger partial charge < -0.3 is 4.90 Å². The van der Waals surface area contributed by atoms with E-state index in [0.29, 0.717) is 19.0 Å². The van der Waals surface area contributed by atoms with Crippen LogP contribution in [0.4, 0.5) is 19.1 Å². The van der Waals surface area contributed by atoms with Gasteiger partial charge in [0.1, 0.15) is 6.04 Å². The first-order valence-electron chi connectivity index (χ1n) is 8.77. The minimum Gasteiger partial charge on any atom is -0.340 e. The van der Waals surface area contributed by atoms with Crippen LogP contribution in [0, 0.1) is 11.8 Å². The van der Waals surface area contributed by atoms with E-state index < -0.39 is 18.1 Å². The topological polar surface area (TPSA) is 90.4 Å². The molecule has 10 heteroatoms. The lowest BCUT2D eigenvalue weighted by Crippen LogP contribution is -2.39. The summed E-state index contributed by atoms with van der Waals surface area (Å²) in [4.78, 5) is 21.4. The van der Waals surface area contributed by atoms with Gasteiger partial charge in [0.05, 0.1) is 5.56 Å². The molecule has 148 valence electrons. The normalized spacial score (nSPS) is 24.6. The number of piperidine rings is 1. The van der Waals surface area contributed by atoms with Crippen LogP contribution in [0.3, 0.4) is 0 Å². The molecule has 1 aliphatic heterocycles. The van der Waals surface area contributed by atoms with E-state index in [2.05, 4.69) is 15.3 Å². The van der Waals surface area contributed by atoms with Crippen molar-refractivity contribution in [3.05, 3.63) is 53.9 Å². The zero-order valence-electron chi connectivity index (χ0n) is 14.6. The van der Waals surface area contributed by atoms with E-state index in [0.717, 1.165) is 0 Å². The lowest BCUT2D eigenvalue weighted by molar-refractivity contribution is -0.158. The fraction of sp³-hybridized carbons (Fsp3) is 0.389. The molecule has 3 unspecified atom stereocenters. The van der Waals surface area contributed by atoms with E-state index in [9.17, 15) is 18.0 Å². The predicted octanol–water partition coefficient (Wildman–Crippen LogP) is 1.92. The van der Waals surface area contributed by atoms with E-state index >= 15 is 0 Å². The van der Waals surface area contributed by atoms with Crippen molar-refractivity contribution in [3.63, 3.8) is 0 Å². The van der Waals surface area contributed by atoms with E-state index in [1.807, 2.05) is 4.90 Å². The van der Waals surface area contributed by atoms with Gasteiger partial charge in [0.15, 0.2) is 0 Å². The van der Waals surface area contributed by atoms with Gasteiger partial charge in [-0.05, 0) is 17.4 Å². The summed E-state index contributed by atoms with van der Waals surface area (Å²) in [6.07, 6.45) is -1.78. The van der Waals surface area contributed by atoms with Crippen LogP contribution in [0.2, 0.25) is 0 Å². The zero-order valence-corrected chi connectivity index (χ0v) is 14.6. The van der Waals surface area contributed by atoms with Gasteiger partial charge in [-0.2, -0.15) is 13.2 Å². The van der Waals surface area contributed by atoms with Crippen LogP contribution in [0.1, 0.15) is 22.0 Å². The summed E-state index contributed by atoms with van der Waals surface area (Å²) in [6, 6.07) is 5.96. The lowest BCUT2D eigenvalue weighted by Gasteiger charge is -2.25. The molecule has 2 fully saturated rings. The van der Waals surface area contributed by atoms with Gasteiger partial charge >= 0.3 is 6.18 Å². The fourth-order valence-corrected chi connectivity index (χ4v) is 3.82. The maximum Gasteiger partial charge on any atom is 0.407 e. The molecule has 4 rings (SSSR count). The molecule has 2 aromatic rings. The van der Waals surface area contributed by atoms with Crippen molar-refractivity contribution in [2.24, 2.45) is 11.8 Å². The minimum absolute atomic E-state index is 0.0950. The summed E-state index contributed by atoms with van der Waals surface area (Å²) in [5.41, 5.74) is 1.82. The zero-order chi connectivity index (χ0) is 19.9. The van der Waals surface area contributed by atoms with Gasteiger partial charge in [-0.25, -0.2) is 15.4 Å². The molecule has 1 aliphatic carbocycles. The summed E-state index contributed by atoms with van der Waals surface area (Å²) in [5.74, 6) is -0.106. The number of carbonyl (C=O) groups is 1. The molecule has 0 radical (unpaired) electrons. The van der Waals surface area contributed by atoms with Crippen LogP contribution in [0.25, 0.3) is 0 Å². The van der Waals surface area contributed by atoms with Gasteiger partial charge in [-0.15, -0.1) is 0 Å². The number of nitrogens with one attached hydrogen (secondary N) is 2. The maximum atomic E-state index is 13.5. The molecule has 1 aromatic carbocycles. The number of hydroxylamine groups is 1. The molecule has 0 bridgehead atoms. The van der Waals surface area contributed by atoms with E-state index in [1.165, 1.54) is 30.0 Å². The fourth-order valence-electron chi connectivity index (χ4n) is 3.82. The van der Waals surface area contributed by atoms with Crippen LogP contribution in [0.5, 0.6) is 0 Å². The Morgan fingerprint density at radius 1 is 1.14 bits per heavy atom. The molecule has 0 spiro atoms. The van der Waals surface area contributed by atoms with Crippen LogP contribution >= 0.6 is 0 Å². The van der Waals surface area contributed by atoms with Crippen LogP contribution in [-0.2, 0) is 0 Å². The predicted molar refractivity (Wildman–Crippen MR) is 92.6 cm³/mol. The summed E-state index contributed by atoms with van der Waals surface area (Å²) in [5, 5.41) is 11.4. The minimum atomic E-state index is -4.37. The second-order valence-corrected chi connectivity index (χ2v) is 7.02. The Balaban J connectivity index is 1.39. The molecular formula is C18H18F3N5O2. The molecular weight excluding hydrogens is 375 g/mol. The SMILES string of the molecule is O=C(NO)c1cnc(N2CC3C(C2)C3NC(c2ccccc2)C(F)(F)F)nc1. The highest BCUT2D eigenvalue weighted by molar-refractivity contribution is 5.92. The Labute approximate surface area is 158 Å². The molecule has 7 nitrogen and oxygen atoms in total. The quantitative estimate of drug-likeness (QED) is 0.531. The second-order valence-electron chi connectivity index (χ2n) is 7.02. The van der Waals surface area contributed by atoms with Gasteiger partial charge in [0.25, 0.3) is 5.91 Å². The first kappa shape index (κ1) is 18.6. The average molecular weight is 393 g/mol. The number of carbonyl (C=O) groups excluding carboxylic acids is 1. The smallest absolute Gasteiger partial charge is 0.340 e. The summed E-state index contributed by atoms with van der Waals surface area (Å²) in [6.45, 7) is 1.10. The van der Waals surface area contributed by atoms with Crippen LogP contribution in [0.15, 0.2) is 42.7 Å². The monoisotopic (exact) mass is 393 g/mol. The number of aromatic nitrogens is 2. The van der Waals surface area contributed by atoms with Gasteiger partial charge in [0, 0.05) is 31.5 Å². The number of anilines is 1. The number of hydrogen-bond donors (Lipinski definition) is 3. The third kappa shape index (κ3) is 3.52. The highest BCUT2D eigenvalue weighted by Crippen LogP contribution is 2.48. The Bertz CT molecular complexity index is 835. The largest absolute Gasteiger partial charge is 0.407 e. The third-order valence-electron chi connectivity index (χ3n) is 5.30. The van der Waals surface area contributed by atoms with Crippen LogP contribution < -0.4 is 15.7 Å². The number of amides is 1. The number of benzene rings is 1. The molecule has 2 heterocycles. The summed E-state index contributed by atoms with van der Waals surface area (Å²) < 4.78 is 40.5. The standard InChI is InChI=1S/C18H18F3N5O2/c19-18(20,21)15(10-4-2-1-3-5-10)24-14-12-8-26(9-13(12)14)17-22-6-11(7-23-17)16(27)25-28/h1-7,12-15,24,28H,8-9H2,(H,25,27). The molecule has 3 atom stereocenters. The highest BCUT2D eigenvalue weighted by atomic mass is 19.4. The molecule has 1 saturated carbocycles. The summed E-state index contributed by atoms with van der Waals surface area (Å²) in [7, 11) is 0. The lowest BCUT2D eigenvalue weighted by atomic mass is 10.1. The van der Waals surface area contributed by atoms with Crippen molar-refractivity contribution in [2.45, 2.75) is 18.3 Å². The van der Waals surface area contributed by atoms with E-state index in [1.54, 1.807) is 18.2 Å². The van der Waals surface area contributed by atoms with Crippen molar-refractivity contribution in [3.8, 4) is 0 Å². The molecule has 3 N–H and O–H groups in total. The third-order valence-corrected chi connectivity index (χ3v) is 5.30. The Morgan fingerprint density at radius 3 is 2.29 bits per heavy atom. The van der Waals surface area contributed by atoms with E-state index in [-0.39, 0.29) is 29.0 Å². The van der Waals surface area contributed by atoms with Crippen LogP contribution in [-0.4, -0.2) is 46.4 Å². The second kappa shape index (κ2) is 7.02. The maximum absolute atomic E-state index is 13.5. The molecule has 28 heavy (non-hydrogen) atoms. The van der Waals surface area contributed by atoms with Crippen molar-refractivity contribution in [1.82, 2.24) is 20.8 Å². The first-order valence-corrected chi connectivity index (χ1v) is 8.77. The molecule has 1 aromatic heterocycles. The Morgan fingerprint density at radius 2 is 1.75 bits per heavy atom.